The molecule has 0 bridgehead atoms. The minimum atomic E-state index is -5.46. The molecule has 1 unspecified atom stereocenters. The first-order valence-electron chi connectivity index (χ1n) is 14.6. The molecule has 0 radical (unpaired) electrons. The topological polar surface area (TPSA) is 237 Å². The van der Waals surface area contributed by atoms with Gasteiger partial charge < -0.3 is 54.3 Å². The molecule has 0 aliphatic carbocycles. The van der Waals surface area contributed by atoms with Gasteiger partial charge in [-0.05, 0) is 35.7 Å². The SMILES string of the molecule is O=P(O)(O)C(O)(CCCNCc1ccc(-c2ccc(-c3nc4nc(O[C@@H]5COC6[C@H](O)CO[C@@H]65)[nH]c4cc3Cl)cc2)cc1)P(=O)(O)O. The maximum atomic E-state index is 11.5. The van der Waals surface area contributed by atoms with Gasteiger partial charge in [-0.2, -0.15) is 4.98 Å². The Morgan fingerprint density at radius 2 is 1.55 bits per heavy atom. The van der Waals surface area contributed by atoms with Crippen molar-refractivity contribution in [2.75, 3.05) is 19.8 Å². The van der Waals surface area contributed by atoms with E-state index in [-0.39, 0.29) is 38.3 Å². The molecule has 8 N–H and O–H groups in total. The van der Waals surface area contributed by atoms with E-state index in [0.717, 1.165) is 22.3 Å². The molecule has 2 aromatic carbocycles. The van der Waals surface area contributed by atoms with Gasteiger partial charge >= 0.3 is 15.2 Å². The van der Waals surface area contributed by atoms with E-state index >= 15 is 0 Å². The highest BCUT2D eigenvalue weighted by Gasteiger charge is 2.58. The molecule has 6 rings (SSSR count). The van der Waals surface area contributed by atoms with Crippen molar-refractivity contribution in [2.45, 2.75) is 48.9 Å². The molecule has 0 saturated carbocycles. The monoisotopic (exact) mass is 710 g/mol. The Hall–Kier alpha value is -2.75. The van der Waals surface area contributed by atoms with Gasteiger partial charge in [-0.15, -0.1) is 0 Å². The molecule has 2 aromatic heterocycles. The first-order valence-corrected chi connectivity index (χ1v) is 18.2. The molecule has 15 nitrogen and oxygen atoms in total. The third kappa shape index (κ3) is 7.04. The molecule has 2 aliphatic rings. The van der Waals surface area contributed by atoms with Gasteiger partial charge in [-0.25, -0.2) is 4.98 Å². The summed E-state index contributed by atoms with van der Waals surface area (Å²) >= 11 is 6.60. The number of imidazole rings is 1. The maximum absolute atomic E-state index is 11.5. The van der Waals surface area contributed by atoms with Crippen LogP contribution in [0.1, 0.15) is 18.4 Å². The lowest BCUT2D eigenvalue weighted by atomic mass is 10.0. The number of pyridine rings is 1. The Morgan fingerprint density at radius 1 is 0.936 bits per heavy atom. The Kier molecular flexibility index (Phi) is 9.64. The van der Waals surface area contributed by atoms with Gasteiger partial charge in [0.2, 0.25) is 0 Å². The van der Waals surface area contributed by atoms with E-state index in [0.29, 0.717) is 28.4 Å². The van der Waals surface area contributed by atoms with Crippen molar-refractivity contribution >= 4 is 38.0 Å². The molecular formula is C29H33ClN4O11P2. The fourth-order valence-electron chi connectivity index (χ4n) is 5.62. The first-order chi connectivity index (χ1) is 22.2. The molecule has 0 spiro atoms. The lowest BCUT2D eigenvalue weighted by Gasteiger charge is -2.29. The van der Waals surface area contributed by atoms with Crippen LogP contribution in [-0.2, 0) is 25.1 Å². The number of aliphatic hydroxyl groups is 2. The first kappa shape index (κ1) is 34.1. The van der Waals surface area contributed by atoms with Crippen LogP contribution in [0.3, 0.4) is 0 Å². The molecular weight excluding hydrogens is 678 g/mol. The van der Waals surface area contributed by atoms with Crippen LogP contribution < -0.4 is 10.1 Å². The zero-order chi connectivity index (χ0) is 33.6. The predicted octanol–water partition coefficient (Wildman–Crippen LogP) is 2.72. The molecule has 252 valence electrons. The molecule has 4 heterocycles. The third-order valence-corrected chi connectivity index (χ3v) is 12.4. The van der Waals surface area contributed by atoms with Crippen molar-refractivity contribution in [3.8, 4) is 28.4 Å². The lowest BCUT2D eigenvalue weighted by Crippen LogP contribution is -2.34. The molecule has 18 heteroatoms. The van der Waals surface area contributed by atoms with Gasteiger partial charge in [0.25, 0.3) is 11.1 Å². The van der Waals surface area contributed by atoms with Crippen LogP contribution in [0.4, 0.5) is 0 Å². The van der Waals surface area contributed by atoms with Crippen molar-refractivity contribution in [3.63, 3.8) is 0 Å². The Morgan fingerprint density at radius 3 is 2.21 bits per heavy atom. The maximum Gasteiger partial charge on any atom is 0.369 e. The van der Waals surface area contributed by atoms with Gasteiger partial charge in [0, 0.05) is 18.5 Å². The quantitative estimate of drug-likeness (QED) is 0.0780. The number of aliphatic hydroxyl groups excluding tert-OH is 1. The number of nitrogens with zero attached hydrogens (tertiary/aromatic N) is 2. The van der Waals surface area contributed by atoms with E-state index in [1.54, 1.807) is 6.07 Å². The number of fused-ring (bicyclic) bond motifs is 2. The highest BCUT2D eigenvalue weighted by molar-refractivity contribution is 7.72. The predicted molar refractivity (Wildman–Crippen MR) is 170 cm³/mol. The van der Waals surface area contributed by atoms with Gasteiger partial charge in [0.15, 0.2) is 11.8 Å². The van der Waals surface area contributed by atoms with E-state index in [1.165, 1.54) is 0 Å². The smallest absolute Gasteiger partial charge is 0.369 e. The minimum absolute atomic E-state index is 0.0735. The van der Waals surface area contributed by atoms with Crippen LogP contribution in [0.15, 0.2) is 54.6 Å². The van der Waals surface area contributed by atoms with Crippen molar-refractivity contribution in [2.24, 2.45) is 0 Å². The van der Waals surface area contributed by atoms with Gasteiger partial charge in [-0.3, -0.25) is 9.13 Å². The van der Waals surface area contributed by atoms with Crippen LogP contribution in [0.25, 0.3) is 33.5 Å². The lowest BCUT2D eigenvalue weighted by molar-refractivity contribution is 0.00706. The summed E-state index contributed by atoms with van der Waals surface area (Å²) < 4.78 is 40.1. The fraction of sp³-hybridized carbons (Fsp3) is 0.379. The van der Waals surface area contributed by atoms with Gasteiger partial charge in [-0.1, -0.05) is 60.1 Å². The van der Waals surface area contributed by atoms with Gasteiger partial charge in [0.05, 0.1) is 29.4 Å². The number of hydrogen-bond acceptors (Lipinski definition) is 10. The normalized spacial score (nSPS) is 21.8. The second kappa shape index (κ2) is 13.3. The number of hydrogen-bond donors (Lipinski definition) is 8. The number of halogens is 1. The summed E-state index contributed by atoms with van der Waals surface area (Å²) in [5.74, 6) is 0. The molecule has 47 heavy (non-hydrogen) atoms. The van der Waals surface area contributed by atoms with Gasteiger partial charge in [0.1, 0.15) is 18.3 Å². The molecule has 2 aliphatic heterocycles. The number of aromatic amines is 1. The van der Waals surface area contributed by atoms with Crippen molar-refractivity contribution in [3.05, 3.63) is 65.2 Å². The van der Waals surface area contributed by atoms with Crippen LogP contribution >= 0.6 is 26.8 Å². The largest absolute Gasteiger partial charge is 0.456 e. The summed E-state index contributed by atoms with van der Waals surface area (Å²) in [7, 11) is -10.9. The van der Waals surface area contributed by atoms with Crippen LogP contribution in [0.2, 0.25) is 5.02 Å². The van der Waals surface area contributed by atoms with Crippen LogP contribution in [0, 0.1) is 0 Å². The molecule has 2 fully saturated rings. The summed E-state index contributed by atoms with van der Waals surface area (Å²) in [6, 6.07) is 17.4. The van der Waals surface area contributed by atoms with E-state index in [9.17, 15) is 38.9 Å². The number of H-pyrrole nitrogens is 1. The molecule has 2 saturated heterocycles. The van der Waals surface area contributed by atoms with E-state index in [1.807, 2.05) is 48.5 Å². The standard InChI is InChI=1S/C29H33ClN4O11P2/c30-20-12-21-27(34-28(32-21)45-23-15-44-25-22(35)14-43-26(23)25)33-24(20)19-8-6-18(7-9-19)17-4-2-16(3-5-17)13-31-11-1-10-29(36,46(37,38)39)47(40,41)42/h2-9,12,22-23,25-26,31,35-36H,1,10-11,13-15H2,(H,32,33,34)(H2,37,38,39)(H2,40,41,42)/t22-,23-,25?,26-/m1/s1. The number of rotatable bonds is 12. The van der Waals surface area contributed by atoms with Crippen molar-refractivity contribution < 1.29 is 53.1 Å². The molecule has 0 amide bonds. The third-order valence-electron chi connectivity index (χ3n) is 8.22. The Bertz CT molecular complexity index is 1810. The summed E-state index contributed by atoms with van der Waals surface area (Å²) in [6.07, 6.45) is -2.73. The molecule has 4 atom stereocenters. The van der Waals surface area contributed by atoms with E-state index in [2.05, 4.69) is 20.3 Å². The van der Waals surface area contributed by atoms with Crippen molar-refractivity contribution in [1.29, 1.82) is 0 Å². The zero-order valence-corrected chi connectivity index (χ0v) is 27.2. The average Bonchev–Trinajstić information content (AvgIpc) is 3.72. The van der Waals surface area contributed by atoms with Crippen LogP contribution in [0.5, 0.6) is 6.01 Å². The number of nitrogens with one attached hydrogen (secondary N) is 2. The average molecular weight is 711 g/mol. The second-order valence-corrected chi connectivity index (χ2v) is 15.9. The summed E-state index contributed by atoms with van der Waals surface area (Å²) in [5.41, 5.74) is 5.18. The Balaban J connectivity index is 1.05. The van der Waals surface area contributed by atoms with Crippen LogP contribution in [-0.4, -0.2) is 94.0 Å². The Labute approximate surface area is 273 Å². The highest BCUT2D eigenvalue weighted by atomic mass is 35.5. The van der Waals surface area contributed by atoms with Crippen molar-refractivity contribution in [1.82, 2.24) is 20.3 Å². The van der Waals surface area contributed by atoms with E-state index in [4.69, 9.17) is 25.8 Å². The number of aromatic nitrogens is 3. The number of benzene rings is 2. The molecule has 4 aromatic rings. The summed E-state index contributed by atoms with van der Waals surface area (Å²) in [6.45, 7) is 1.03. The summed E-state index contributed by atoms with van der Waals surface area (Å²) in [4.78, 5) is 49.2. The summed E-state index contributed by atoms with van der Waals surface area (Å²) in [5, 5.41) is 20.0. The minimum Gasteiger partial charge on any atom is -0.456 e. The fourth-order valence-corrected chi connectivity index (χ4v) is 8.14. The number of ether oxygens (including phenoxy) is 3. The highest BCUT2D eigenvalue weighted by Crippen LogP contribution is 2.69. The second-order valence-electron chi connectivity index (χ2n) is 11.5. The zero-order valence-electron chi connectivity index (χ0n) is 24.6. The van der Waals surface area contributed by atoms with E-state index < -0.39 is 45.0 Å².